The minimum Gasteiger partial charge on any atom is -0.317 e. The molecule has 2 saturated heterocycles. The summed E-state index contributed by atoms with van der Waals surface area (Å²) < 4.78 is 0. The largest absolute Gasteiger partial charge is 0.317 e. The van der Waals surface area contributed by atoms with Crippen LogP contribution >= 0.6 is 23.7 Å². The van der Waals surface area contributed by atoms with Gasteiger partial charge in [0.15, 0.2) is 0 Å². The van der Waals surface area contributed by atoms with Gasteiger partial charge in [0.1, 0.15) is 0 Å². The van der Waals surface area contributed by atoms with Crippen LogP contribution in [0.15, 0.2) is 17.5 Å². The third kappa shape index (κ3) is 4.71. The molecule has 5 heteroatoms. The van der Waals surface area contributed by atoms with E-state index < -0.39 is 0 Å². The van der Waals surface area contributed by atoms with Gasteiger partial charge >= 0.3 is 0 Å². The van der Waals surface area contributed by atoms with Gasteiger partial charge in [-0.25, -0.2) is 0 Å². The molecule has 0 unspecified atom stereocenters. The Balaban J connectivity index is 0.00000147. The minimum atomic E-state index is 0. The second kappa shape index (κ2) is 8.35. The zero-order valence-electron chi connectivity index (χ0n) is 12.1. The first-order chi connectivity index (χ1) is 9.40. The van der Waals surface area contributed by atoms with Gasteiger partial charge in [0, 0.05) is 44.1 Å². The van der Waals surface area contributed by atoms with Gasteiger partial charge < -0.3 is 10.2 Å². The Kier molecular flexibility index (Phi) is 6.78. The van der Waals surface area contributed by atoms with E-state index in [1.54, 1.807) is 0 Å². The summed E-state index contributed by atoms with van der Waals surface area (Å²) in [5, 5.41) is 5.64. The fourth-order valence-corrected chi connectivity index (χ4v) is 3.93. The number of nitrogens with zero attached hydrogens (tertiary/aromatic N) is 2. The summed E-state index contributed by atoms with van der Waals surface area (Å²) in [6.07, 6.45) is 2.74. The number of thiophene rings is 1. The molecule has 0 spiro atoms. The maximum atomic E-state index is 3.46. The van der Waals surface area contributed by atoms with Crippen molar-refractivity contribution >= 4 is 23.7 Å². The molecule has 114 valence electrons. The van der Waals surface area contributed by atoms with Crippen LogP contribution in [-0.4, -0.2) is 55.6 Å². The van der Waals surface area contributed by atoms with Gasteiger partial charge in [-0.1, -0.05) is 6.07 Å². The van der Waals surface area contributed by atoms with Gasteiger partial charge in [-0.15, -0.1) is 23.7 Å². The number of hydrogen-bond donors (Lipinski definition) is 1. The highest BCUT2D eigenvalue weighted by molar-refractivity contribution is 7.09. The summed E-state index contributed by atoms with van der Waals surface area (Å²) in [6.45, 7) is 9.93. The molecule has 2 aliphatic rings. The number of piperidine rings is 1. The van der Waals surface area contributed by atoms with Crippen molar-refractivity contribution in [2.75, 3.05) is 45.8 Å². The third-order valence-corrected chi connectivity index (χ3v) is 5.26. The predicted octanol–water partition coefficient (Wildman–Crippen LogP) is 2.29. The summed E-state index contributed by atoms with van der Waals surface area (Å²) in [5.74, 6) is 0.935. The highest BCUT2D eigenvalue weighted by Gasteiger charge is 2.21. The second-order valence-corrected chi connectivity index (χ2v) is 6.88. The first-order valence-corrected chi connectivity index (χ1v) is 8.46. The lowest BCUT2D eigenvalue weighted by Crippen LogP contribution is -2.48. The van der Waals surface area contributed by atoms with Crippen LogP contribution in [0.25, 0.3) is 0 Å². The van der Waals surface area contributed by atoms with Crippen LogP contribution < -0.4 is 5.32 Å². The summed E-state index contributed by atoms with van der Waals surface area (Å²) in [6, 6.07) is 4.42. The van der Waals surface area contributed by atoms with Crippen LogP contribution in [-0.2, 0) is 6.54 Å². The van der Waals surface area contributed by atoms with Crippen LogP contribution in [0.3, 0.4) is 0 Å². The van der Waals surface area contributed by atoms with Gasteiger partial charge in [0.2, 0.25) is 0 Å². The van der Waals surface area contributed by atoms with Gasteiger partial charge in [0.05, 0.1) is 0 Å². The Hall–Kier alpha value is -0.130. The van der Waals surface area contributed by atoms with E-state index in [1.165, 1.54) is 63.5 Å². The monoisotopic (exact) mass is 315 g/mol. The number of rotatable bonds is 4. The van der Waals surface area contributed by atoms with Crippen molar-refractivity contribution in [1.82, 2.24) is 15.1 Å². The number of piperazine rings is 1. The molecular formula is C15H26ClN3S. The molecule has 0 amide bonds. The van der Waals surface area contributed by atoms with Crippen molar-refractivity contribution in [3.63, 3.8) is 0 Å². The molecule has 3 heterocycles. The Morgan fingerprint density at radius 1 is 1.10 bits per heavy atom. The zero-order valence-corrected chi connectivity index (χ0v) is 13.7. The molecule has 0 radical (unpaired) electrons. The summed E-state index contributed by atoms with van der Waals surface area (Å²) in [4.78, 5) is 6.79. The number of hydrogen-bond acceptors (Lipinski definition) is 4. The van der Waals surface area contributed by atoms with Gasteiger partial charge in [-0.3, -0.25) is 4.90 Å². The van der Waals surface area contributed by atoms with E-state index in [1.807, 2.05) is 11.3 Å². The topological polar surface area (TPSA) is 18.5 Å². The molecular weight excluding hydrogens is 290 g/mol. The van der Waals surface area contributed by atoms with E-state index in [4.69, 9.17) is 0 Å². The molecule has 1 aromatic heterocycles. The Morgan fingerprint density at radius 3 is 2.45 bits per heavy atom. The van der Waals surface area contributed by atoms with E-state index in [0.29, 0.717) is 0 Å². The molecule has 1 aromatic rings. The molecule has 1 N–H and O–H groups in total. The number of nitrogens with one attached hydrogen (secondary N) is 1. The summed E-state index contributed by atoms with van der Waals surface area (Å²) in [5.41, 5.74) is 0. The van der Waals surface area contributed by atoms with Crippen LogP contribution in [0.4, 0.5) is 0 Å². The van der Waals surface area contributed by atoms with E-state index in [9.17, 15) is 0 Å². The Morgan fingerprint density at radius 2 is 1.80 bits per heavy atom. The molecule has 0 bridgehead atoms. The molecule has 0 aliphatic carbocycles. The quantitative estimate of drug-likeness (QED) is 0.919. The summed E-state index contributed by atoms with van der Waals surface area (Å²) in [7, 11) is 0. The number of halogens is 1. The lowest BCUT2D eigenvalue weighted by molar-refractivity contribution is 0.107. The predicted molar refractivity (Wildman–Crippen MR) is 88.9 cm³/mol. The van der Waals surface area contributed by atoms with Crippen molar-refractivity contribution in [3.8, 4) is 0 Å². The standard InChI is InChI=1S/C15H25N3S.ClH/c1-2-15(19-11-1)13-18-9-7-17(8-10-18)12-14-3-5-16-6-4-14;/h1-2,11,14,16H,3-10,12-13H2;1H. The van der Waals surface area contributed by atoms with Crippen molar-refractivity contribution < 1.29 is 0 Å². The van der Waals surface area contributed by atoms with E-state index in [0.717, 1.165) is 12.5 Å². The lowest BCUT2D eigenvalue weighted by atomic mass is 9.97. The van der Waals surface area contributed by atoms with E-state index in [2.05, 4.69) is 32.6 Å². The van der Waals surface area contributed by atoms with E-state index >= 15 is 0 Å². The van der Waals surface area contributed by atoms with Crippen molar-refractivity contribution in [2.24, 2.45) is 5.92 Å². The highest BCUT2D eigenvalue weighted by Crippen LogP contribution is 2.17. The SMILES string of the molecule is Cl.c1csc(CN2CCN(CC3CCNCC3)CC2)c1. The minimum absolute atomic E-state index is 0. The molecule has 3 rings (SSSR count). The lowest BCUT2D eigenvalue weighted by Gasteiger charge is -2.37. The first kappa shape index (κ1) is 16.2. The van der Waals surface area contributed by atoms with Crippen molar-refractivity contribution in [3.05, 3.63) is 22.4 Å². The van der Waals surface area contributed by atoms with Gasteiger partial charge in [0.25, 0.3) is 0 Å². The Labute approximate surface area is 132 Å². The van der Waals surface area contributed by atoms with Crippen LogP contribution in [0, 0.1) is 5.92 Å². The second-order valence-electron chi connectivity index (χ2n) is 5.85. The average Bonchev–Trinajstić information content (AvgIpc) is 2.95. The Bertz CT molecular complexity index is 357. The maximum absolute atomic E-state index is 3.46. The van der Waals surface area contributed by atoms with Crippen LogP contribution in [0.5, 0.6) is 0 Å². The molecule has 0 atom stereocenters. The normalized spacial score (nSPS) is 22.6. The average molecular weight is 316 g/mol. The first-order valence-electron chi connectivity index (χ1n) is 7.58. The molecule has 0 saturated carbocycles. The molecule has 2 fully saturated rings. The molecule has 3 nitrogen and oxygen atoms in total. The van der Waals surface area contributed by atoms with E-state index in [-0.39, 0.29) is 12.4 Å². The highest BCUT2D eigenvalue weighted by atomic mass is 35.5. The zero-order chi connectivity index (χ0) is 12.9. The fourth-order valence-electron chi connectivity index (χ4n) is 3.18. The fraction of sp³-hybridized carbons (Fsp3) is 0.733. The third-order valence-electron chi connectivity index (χ3n) is 4.40. The summed E-state index contributed by atoms with van der Waals surface area (Å²) >= 11 is 1.88. The smallest absolute Gasteiger partial charge is 0.0328 e. The maximum Gasteiger partial charge on any atom is 0.0328 e. The van der Waals surface area contributed by atoms with Crippen molar-refractivity contribution in [2.45, 2.75) is 19.4 Å². The molecule has 20 heavy (non-hydrogen) atoms. The van der Waals surface area contributed by atoms with Crippen molar-refractivity contribution in [1.29, 1.82) is 0 Å². The van der Waals surface area contributed by atoms with Crippen LogP contribution in [0.1, 0.15) is 17.7 Å². The molecule has 0 aromatic carbocycles. The van der Waals surface area contributed by atoms with Crippen LogP contribution in [0.2, 0.25) is 0 Å². The van der Waals surface area contributed by atoms with Gasteiger partial charge in [-0.2, -0.15) is 0 Å². The molecule has 2 aliphatic heterocycles. The van der Waals surface area contributed by atoms with Gasteiger partial charge in [-0.05, 0) is 43.3 Å².